The quantitative estimate of drug-likeness (QED) is 0.233. The number of esters is 1. The van der Waals surface area contributed by atoms with E-state index in [9.17, 15) is 31.2 Å². The summed E-state index contributed by atoms with van der Waals surface area (Å²) < 4.78 is 75.8. The molecule has 0 aliphatic carbocycles. The van der Waals surface area contributed by atoms with E-state index in [4.69, 9.17) is 10.5 Å². The number of nitrogens with two attached hydrogens (primary N) is 1. The van der Waals surface area contributed by atoms with Gasteiger partial charge >= 0.3 is 12.3 Å². The van der Waals surface area contributed by atoms with Gasteiger partial charge in [0.2, 0.25) is 16.8 Å². The number of halogens is 3. The van der Waals surface area contributed by atoms with Gasteiger partial charge in [0.15, 0.2) is 5.13 Å². The fraction of sp³-hybridized carbons (Fsp3) is 0.481. The fourth-order valence-corrected chi connectivity index (χ4v) is 7.37. The maximum Gasteiger partial charge on any atom is 0.573 e. The Labute approximate surface area is 256 Å². The summed E-state index contributed by atoms with van der Waals surface area (Å²) in [4.78, 5) is 38.6. The van der Waals surface area contributed by atoms with Gasteiger partial charge in [-0.25, -0.2) is 27.5 Å². The molecule has 2 aliphatic rings. The lowest BCUT2D eigenvalue weighted by Crippen LogP contribution is -2.48. The first-order valence-electron chi connectivity index (χ1n) is 14.0. The van der Waals surface area contributed by atoms with Gasteiger partial charge in [-0.15, -0.1) is 13.2 Å². The molecule has 2 fully saturated rings. The number of nitrogen functional groups attached to an aromatic ring is 1. The lowest BCUT2D eigenvalue weighted by Gasteiger charge is -2.28. The summed E-state index contributed by atoms with van der Waals surface area (Å²) in [5.41, 5.74) is 5.85. The molecule has 2 aromatic heterocycles. The Morgan fingerprint density at radius 2 is 1.98 bits per heavy atom. The van der Waals surface area contributed by atoms with E-state index in [0.717, 1.165) is 47.6 Å². The number of anilines is 3. The summed E-state index contributed by atoms with van der Waals surface area (Å²) >= 11 is 1.15. The minimum atomic E-state index is -5.06. The number of hydrogen-bond donors (Lipinski definition) is 2. The molecule has 3 aromatic rings. The van der Waals surface area contributed by atoms with Crippen LogP contribution >= 0.6 is 11.3 Å². The molecule has 12 nitrogen and oxygen atoms in total. The summed E-state index contributed by atoms with van der Waals surface area (Å²) in [7, 11) is -3.27. The third-order valence-electron chi connectivity index (χ3n) is 7.48. The van der Waals surface area contributed by atoms with Crippen molar-refractivity contribution in [2.45, 2.75) is 57.5 Å². The second-order valence-electron chi connectivity index (χ2n) is 10.4. The summed E-state index contributed by atoms with van der Waals surface area (Å²) in [5.74, 6) is -2.13. The molecule has 4 heterocycles. The Morgan fingerprint density at radius 3 is 2.66 bits per heavy atom. The lowest BCUT2D eigenvalue weighted by molar-refractivity contribution is -0.274. The van der Waals surface area contributed by atoms with Gasteiger partial charge in [0.05, 0.1) is 12.8 Å². The van der Waals surface area contributed by atoms with Gasteiger partial charge in [0.1, 0.15) is 28.7 Å². The predicted molar refractivity (Wildman–Crippen MR) is 158 cm³/mol. The van der Waals surface area contributed by atoms with Crippen LogP contribution in [0.15, 0.2) is 30.6 Å². The van der Waals surface area contributed by atoms with Gasteiger partial charge < -0.3 is 25.0 Å². The van der Waals surface area contributed by atoms with Crippen molar-refractivity contribution in [2.75, 3.05) is 41.2 Å². The lowest BCUT2D eigenvalue weighted by atomic mass is 10.00. The van der Waals surface area contributed by atoms with Crippen LogP contribution in [0.3, 0.4) is 0 Å². The van der Waals surface area contributed by atoms with E-state index in [1.807, 2.05) is 4.90 Å². The topological polar surface area (TPSA) is 148 Å². The van der Waals surface area contributed by atoms with Crippen molar-refractivity contribution in [1.29, 1.82) is 0 Å². The summed E-state index contributed by atoms with van der Waals surface area (Å²) in [5, 5.41) is 1.56. The number of alkyl halides is 3. The van der Waals surface area contributed by atoms with E-state index in [1.54, 1.807) is 13.0 Å². The van der Waals surface area contributed by atoms with E-state index < -0.39 is 53.4 Å². The molecule has 5 rings (SSSR count). The van der Waals surface area contributed by atoms with Crippen LogP contribution < -0.4 is 19.7 Å². The van der Waals surface area contributed by atoms with Crippen LogP contribution in [0.4, 0.5) is 29.1 Å². The highest BCUT2D eigenvalue weighted by Crippen LogP contribution is 2.37. The number of hydrogen-bond acceptors (Lipinski definition) is 11. The van der Waals surface area contributed by atoms with Crippen LogP contribution in [-0.4, -0.2) is 79.8 Å². The van der Waals surface area contributed by atoms with Gasteiger partial charge in [-0.05, 0) is 54.8 Å². The number of thiol groups is 1. The third kappa shape index (κ3) is 6.77. The highest BCUT2D eigenvalue weighted by Gasteiger charge is 2.44. The van der Waals surface area contributed by atoms with E-state index in [0.29, 0.717) is 16.9 Å². The zero-order chi connectivity index (χ0) is 31.6. The maximum atomic E-state index is 13.8. The normalized spacial score (nSPS) is 17.9. The molecule has 0 spiro atoms. The number of amides is 1. The third-order valence-corrected chi connectivity index (χ3v) is 9.52. The fourth-order valence-electron chi connectivity index (χ4n) is 5.47. The molecule has 2 atom stereocenters. The number of likely N-dealkylation sites (tertiary alicyclic amines) is 1. The molecule has 2 aliphatic heterocycles. The summed E-state index contributed by atoms with van der Waals surface area (Å²) in [6, 6.07) is 1.50. The minimum absolute atomic E-state index is 0.0136. The monoisotopic (exact) mass is 656 g/mol. The van der Waals surface area contributed by atoms with E-state index in [2.05, 4.69) is 14.7 Å². The van der Waals surface area contributed by atoms with E-state index >= 15 is 0 Å². The Morgan fingerprint density at radius 1 is 1.23 bits per heavy atom. The SMILES string of the molecule is CCCOC(=O)[C@@H](Cc1cc2ccnc(N)c2cc1OC(F)(F)F)N1CC[C@H](N(c2cnc(N3CCCC3)s2)[SH](=O)=O)C1=O. The molecule has 2 saturated heterocycles. The standard InChI is InChI=1S/C27H31F3N6O6S2/c1-2-11-41-25(38)20(13-17-12-16-5-7-32-23(31)18(16)14-21(17)42-27(28,29)30)35-10-6-19(24(35)37)36(44(39)40)22-15-33-26(43-22)34-8-3-4-9-34/h5,7,12,14-15,19-20,44H,2-4,6,8-11,13H2,1H3,(H2,31,32)/t19-,20+/m0/s1. The van der Waals surface area contributed by atoms with Gasteiger partial charge in [0.25, 0.3) is 0 Å². The van der Waals surface area contributed by atoms with Crippen molar-refractivity contribution in [3.8, 4) is 5.75 Å². The number of benzene rings is 1. The number of ether oxygens (including phenoxy) is 2. The Kier molecular flexibility index (Phi) is 9.34. The first-order chi connectivity index (χ1) is 21.0. The number of rotatable bonds is 11. The van der Waals surface area contributed by atoms with Crippen LogP contribution in [-0.2, 0) is 31.6 Å². The zero-order valence-electron chi connectivity index (χ0n) is 23.7. The molecule has 1 amide bonds. The molecule has 44 heavy (non-hydrogen) atoms. The number of carbonyl (C=O) groups excluding carboxylic acids is 2. The van der Waals surface area contributed by atoms with E-state index in [1.165, 1.54) is 23.4 Å². The molecular weight excluding hydrogens is 625 g/mol. The minimum Gasteiger partial charge on any atom is -0.464 e. The zero-order valence-corrected chi connectivity index (χ0v) is 25.4. The first-order valence-corrected chi connectivity index (χ1v) is 16.0. The molecule has 0 saturated carbocycles. The Bertz CT molecular complexity index is 1600. The van der Waals surface area contributed by atoms with Gasteiger partial charge in [-0.1, -0.05) is 18.3 Å². The van der Waals surface area contributed by atoms with Crippen molar-refractivity contribution in [3.63, 3.8) is 0 Å². The second-order valence-corrected chi connectivity index (χ2v) is 12.3. The van der Waals surface area contributed by atoms with Crippen molar-refractivity contribution >= 4 is 60.8 Å². The van der Waals surface area contributed by atoms with Crippen LogP contribution in [0.2, 0.25) is 0 Å². The van der Waals surface area contributed by atoms with Gasteiger partial charge in [0, 0.05) is 37.6 Å². The van der Waals surface area contributed by atoms with Crippen LogP contribution in [0.5, 0.6) is 5.75 Å². The van der Waals surface area contributed by atoms with Gasteiger partial charge in [-0.3, -0.25) is 4.79 Å². The largest absolute Gasteiger partial charge is 0.573 e. The molecular formula is C27H31F3N6O6S2. The average Bonchev–Trinajstić information content (AvgIpc) is 3.73. The van der Waals surface area contributed by atoms with Crippen LogP contribution in [0, 0.1) is 0 Å². The smallest absolute Gasteiger partial charge is 0.464 e. The molecule has 17 heteroatoms. The second kappa shape index (κ2) is 13.0. The number of aromatic nitrogens is 2. The van der Waals surface area contributed by atoms with Crippen LogP contribution in [0.25, 0.3) is 10.8 Å². The van der Waals surface area contributed by atoms with Gasteiger partial charge in [-0.2, -0.15) is 0 Å². The number of carbonyl (C=O) groups is 2. The highest BCUT2D eigenvalue weighted by molar-refractivity contribution is 7.74. The molecule has 238 valence electrons. The van der Waals surface area contributed by atoms with Crippen LogP contribution in [0.1, 0.15) is 38.2 Å². The molecule has 0 radical (unpaired) electrons. The molecule has 0 unspecified atom stereocenters. The highest BCUT2D eigenvalue weighted by atomic mass is 32.2. The van der Waals surface area contributed by atoms with E-state index in [-0.39, 0.29) is 41.3 Å². The van der Waals surface area contributed by atoms with Crippen molar-refractivity contribution in [3.05, 3.63) is 36.2 Å². The predicted octanol–water partition coefficient (Wildman–Crippen LogP) is 3.27. The summed E-state index contributed by atoms with van der Waals surface area (Å²) in [6.45, 7) is 3.35. The molecule has 2 N–H and O–H groups in total. The van der Waals surface area contributed by atoms with Crippen molar-refractivity contribution in [1.82, 2.24) is 14.9 Å². The Balaban J connectivity index is 1.47. The maximum absolute atomic E-state index is 13.8. The van der Waals surface area contributed by atoms with Crippen molar-refractivity contribution in [2.24, 2.45) is 0 Å². The number of nitrogens with zero attached hydrogens (tertiary/aromatic N) is 5. The molecule has 1 aromatic carbocycles. The number of thiazole rings is 1. The Hall–Kier alpha value is -3.86. The number of pyridine rings is 1. The first kappa shape index (κ1) is 31.6. The summed E-state index contributed by atoms with van der Waals surface area (Å²) in [6.07, 6.45) is -0.155. The molecule has 0 bridgehead atoms. The average molecular weight is 657 g/mol. The van der Waals surface area contributed by atoms with Crippen molar-refractivity contribution < 1.29 is 40.7 Å². The number of fused-ring (bicyclic) bond motifs is 1.